The Balaban J connectivity index is 1.70. The molecule has 0 radical (unpaired) electrons. The van der Waals surface area contributed by atoms with E-state index >= 15 is 0 Å². The number of hydrogen-bond donors (Lipinski definition) is 0. The molecular formula is C22H25F3N2O3S. The van der Waals surface area contributed by atoms with Crippen LogP contribution in [0.15, 0.2) is 47.4 Å². The molecule has 0 saturated carbocycles. The predicted octanol–water partition coefficient (Wildman–Crippen LogP) is 4.11. The highest BCUT2D eigenvalue weighted by atomic mass is 32.2. The van der Waals surface area contributed by atoms with Crippen LogP contribution in [0.5, 0.6) is 0 Å². The van der Waals surface area contributed by atoms with Crippen LogP contribution in [0.25, 0.3) is 0 Å². The lowest BCUT2D eigenvalue weighted by Crippen LogP contribution is -2.45. The maximum Gasteiger partial charge on any atom is 0.243 e. The summed E-state index contributed by atoms with van der Waals surface area (Å²) in [5, 5.41) is 0. The number of amides is 1. The number of halogens is 3. The second-order valence-corrected chi connectivity index (χ2v) is 9.53. The number of nitrogens with zero attached hydrogens (tertiary/aromatic N) is 2. The van der Waals surface area contributed by atoms with Crippen molar-refractivity contribution in [1.82, 2.24) is 9.21 Å². The Bertz CT molecular complexity index is 1020. The molecule has 2 aromatic rings. The monoisotopic (exact) mass is 454 g/mol. The highest BCUT2D eigenvalue weighted by Gasteiger charge is 2.35. The zero-order valence-corrected chi connectivity index (χ0v) is 18.2. The van der Waals surface area contributed by atoms with Crippen molar-refractivity contribution in [2.75, 3.05) is 19.6 Å². The maximum atomic E-state index is 13.5. The average molecular weight is 455 g/mol. The lowest BCUT2D eigenvalue weighted by molar-refractivity contribution is -0.138. The van der Waals surface area contributed by atoms with Crippen LogP contribution < -0.4 is 0 Å². The number of hydrogen-bond acceptors (Lipinski definition) is 3. The van der Waals surface area contributed by atoms with Crippen LogP contribution in [0.1, 0.15) is 38.3 Å². The van der Waals surface area contributed by atoms with Crippen LogP contribution in [0.2, 0.25) is 0 Å². The van der Waals surface area contributed by atoms with Crippen molar-refractivity contribution in [2.45, 2.75) is 37.6 Å². The molecule has 0 bridgehead atoms. The third-order valence-electron chi connectivity index (χ3n) is 5.77. The van der Waals surface area contributed by atoms with E-state index in [0.717, 1.165) is 9.87 Å². The third-order valence-corrected chi connectivity index (χ3v) is 7.65. The van der Waals surface area contributed by atoms with Crippen molar-refractivity contribution < 1.29 is 26.4 Å². The lowest BCUT2D eigenvalue weighted by atomic mass is 9.95. The lowest BCUT2D eigenvalue weighted by Gasteiger charge is -2.36. The van der Waals surface area contributed by atoms with E-state index in [4.69, 9.17) is 0 Å². The van der Waals surface area contributed by atoms with Crippen LogP contribution in [-0.2, 0) is 14.8 Å². The first-order chi connectivity index (χ1) is 14.7. The summed E-state index contributed by atoms with van der Waals surface area (Å²) in [4.78, 5) is 14.2. The molecular weight excluding hydrogens is 429 g/mol. The minimum atomic E-state index is -4.20. The van der Waals surface area contributed by atoms with Crippen LogP contribution in [0.4, 0.5) is 13.2 Å². The Kier molecular flexibility index (Phi) is 7.06. The summed E-state index contributed by atoms with van der Waals surface area (Å²) in [5.74, 6) is -5.22. The number of carbonyl (C=O) groups excluding carboxylic acids is 1. The molecule has 0 unspecified atom stereocenters. The highest BCUT2D eigenvalue weighted by molar-refractivity contribution is 7.89. The van der Waals surface area contributed by atoms with E-state index in [0.29, 0.717) is 31.5 Å². The summed E-state index contributed by atoms with van der Waals surface area (Å²) in [7, 11) is -4.20. The minimum absolute atomic E-state index is 0.0383. The summed E-state index contributed by atoms with van der Waals surface area (Å²) < 4.78 is 66.7. The molecule has 1 fully saturated rings. The van der Waals surface area contributed by atoms with Crippen molar-refractivity contribution >= 4 is 15.9 Å². The van der Waals surface area contributed by atoms with Crippen molar-refractivity contribution in [1.29, 1.82) is 0 Å². The molecule has 9 heteroatoms. The van der Waals surface area contributed by atoms with E-state index in [2.05, 4.69) is 0 Å². The number of rotatable bonds is 6. The fourth-order valence-electron chi connectivity index (χ4n) is 3.94. The minimum Gasteiger partial charge on any atom is -0.336 e. The van der Waals surface area contributed by atoms with Gasteiger partial charge in [0.15, 0.2) is 17.5 Å². The van der Waals surface area contributed by atoms with Crippen molar-refractivity contribution in [3.8, 4) is 0 Å². The summed E-state index contributed by atoms with van der Waals surface area (Å²) in [6.07, 6.45) is 0.588. The Hall–Kier alpha value is -2.39. The van der Waals surface area contributed by atoms with Crippen LogP contribution >= 0.6 is 0 Å². The summed E-state index contributed by atoms with van der Waals surface area (Å²) >= 11 is 0. The predicted molar refractivity (Wildman–Crippen MR) is 110 cm³/mol. The van der Waals surface area contributed by atoms with Crippen LogP contribution in [0.3, 0.4) is 0 Å². The smallest absolute Gasteiger partial charge is 0.243 e. The van der Waals surface area contributed by atoms with Gasteiger partial charge in [-0.05, 0) is 44.4 Å². The molecule has 1 heterocycles. The quantitative estimate of drug-likeness (QED) is 0.617. The van der Waals surface area contributed by atoms with Gasteiger partial charge >= 0.3 is 0 Å². The van der Waals surface area contributed by atoms with E-state index in [9.17, 15) is 26.4 Å². The van der Waals surface area contributed by atoms with E-state index < -0.39 is 32.4 Å². The van der Waals surface area contributed by atoms with Gasteiger partial charge in [0.25, 0.3) is 0 Å². The van der Waals surface area contributed by atoms with Gasteiger partial charge < -0.3 is 4.90 Å². The molecule has 1 atom stereocenters. The van der Waals surface area contributed by atoms with Gasteiger partial charge in [-0.1, -0.05) is 30.3 Å². The third kappa shape index (κ3) is 4.77. The number of benzene rings is 2. The molecule has 3 rings (SSSR count). The Labute approximate surface area is 180 Å². The number of sulfonamides is 1. The second kappa shape index (κ2) is 9.40. The molecule has 1 saturated heterocycles. The van der Waals surface area contributed by atoms with Crippen LogP contribution in [-0.4, -0.2) is 43.2 Å². The normalized spacial score (nSPS) is 16.8. The molecule has 2 aromatic carbocycles. The Morgan fingerprint density at radius 2 is 1.65 bits per heavy atom. The Morgan fingerprint density at radius 3 is 2.16 bits per heavy atom. The first kappa shape index (κ1) is 23.3. The van der Waals surface area contributed by atoms with E-state index in [1.807, 2.05) is 44.2 Å². The molecule has 1 amide bonds. The Morgan fingerprint density at radius 1 is 1.10 bits per heavy atom. The van der Waals surface area contributed by atoms with E-state index in [1.54, 1.807) is 4.90 Å². The van der Waals surface area contributed by atoms with Crippen molar-refractivity contribution in [3.05, 3.63) is 65.5 Å². The van der Waals surface area contributed by atoms with Gasteiger partial charge in [-0.25, -0.2) is 21.6 Å². The molecule has 0 N–H and O–H groups in total. The zero-order valence-electron chi connectivity index (χ0n) is 17.4. The molecule has 31 heavy (non-hydrogen) atoms. The van der Waals surface area contributed by atoms with Crippen molar-refractivity contribution in [3.63, 3.8) is 0 Å². The summed E-state index contributed by atoms with van der Waals surface area (Å²) in [6.45, 7) is 4.44. The molecule has 0 aromatic heterocycles. The number of carbonyl (C=O) groups is 1. The van der Waals surface area contributed by atoms with Gasteiger partial charge in [-0.2, -0.15) is 4.31 Å². The second-order valence-electron chi connectivity index (χ2n) is 7.59. The fraction of sp³-hybridized carbons (Fsp3) is 0.409. The van der Waals surface area contributed by atoms with E-state index in [1.165, 1.54) is 0 Å². The molecule has 0 spiro atoms. The largest absolute Gasteiger partial charge is 0.336 e. The topological polar surface area (TPSA) is 57.7 Å². The molecule has 5 nitrogen and oxygen atoms in total. The van der Waals surface area contributed by atoms with Gasteiger partial charge in [0.2, 0.25) is 15.9 Å². The average Bonchev–Trinajstić information content (AvgIpc) is 2.78. The van der Waals surface area contributed by atoms with Gasteiger partial charge in [0.1, 0.15) is 0 Å². The molecule has 168 valence electrons. The first-order valence-corrected chi connectivity index (χ1v) is 11.6. The SMILES string of the molecule is CCN(C(=O)C1CCN(S(=O)(=O)c2cc(F)c(F)c(F)c2)CC1)[C@H](C)c1ccccc1. The molecule has 1 aliphatic rings. The molecule has 1 aliphatic heterocycles. The van der Waals surface area contributed by atoms with Gasteiger partial charge in [0.05, 0.1) is 10.9 Å². The number of piperidine rings is 1. The van der Waals surface area contributed by atoms with E-state index in [-0.39, 0.29) is 31.0 Å². The highest BCUT2D eigenvalue weighted by Crippen LogP contribution is 2.29. The van der Waals surface area contributed by atoms with Crippen LogP contribution in [0, 0.1) is 23.4 Å². The standard InChI is InChI=1S/C22H25F3N2O3S/c1-3-27(15(2)16-7-5-4-6-8-16)22(28)17-9-11-26(12-10-17)31(29,30)18-13-19(23)21(25)20(24)14-18/h4-8,13-15,17H,3,9-12H2,1-2H3/t15-/m1/s1. The molecule has 0 aliphatic carbocycles. The van der Waals surface area contributed by atoms with Gasteiger partial charge in [-0.15, -0.1) is 0 Å². The first-order valence-electron chi connectivity index (χ1n) is 10.2. The maximum absolute atomic E-state index is 13.5. The van der Waals surface area contributed by atoms with Gasteiger partial charge in [-0.3, -0.25) is 4.79 Å². The summed E-state index contributed by atoms with van der Waals surface area (Å²) in [6, 6.07) is 10.5. The van der Waals surface area contributed by atoms with Crippen molar-refractivity contribution in [2.24, 2.45) is 5.92 Å². The summed E-state index contributed by atoms with van der Waals surface area (Å²) in [5.41, 5.74) is 1.01. The zero-order chi connectivity index (χ0) is 22.8. The van der Waals surface area contributed by atoms with Gasteiger partial charge in [0, 0.05) is 25.6 Å². The fourth-order valence-corrected chi connectivity index (χ4v) is 5.43.